The van der Waals surface area contributed by atoms with Crippen molar-refractivity contribution in [3.05, 3.63) is 9.81 Å². The first-order chi connectivity index (χ1) is 7.51. The molecule has 0 saturated carbocycles. The SMILES string of the molecule is CNC(=O)C1SC(=C(C(N)=O)C(=O)ON)S1. The lowest BCUT2D eigenvalue weighted by Crippen LogP contribution is -2.33. The van der Waals surface area contributed by atoms with Crippen molar-refractivity contribution in [1.29, 1.82) is 0 Å². The fraction of sp³-hybridized carbons (Fsp3) is 0.286. The highest BCUT2D eigenvalue weighted by Gasteiger charge is 2.37. The van der Waals surface area contributed by atoms with E-state index in [4.69, 9.17) is 5.73 Å². The minimum atomic E-state index is -1.00. The third-order valence-electron chi connectivity index (χ3n) is 1.65. The standard InChI is InChI=1S/C7H9N3O4S2/c1-10-4(12)7-15-6(16-7)2(3(8)11)5(13)14-9/h7H,9H2,1H3,(H2,8,11)(H,10,12). The van der Waals surface area contributed by atoms with Crippen LogP contribution < -0.4 is 16.9 Å². The van der Waals surface area contributed by atoms with Gasteiger partial charge in [0.15, 0.2) is 0 Å². The third-order valence-corrected chi connectivity index (χ3v) is 4.50. The number of carbonyl (C=O) groups excluding carboxylic acids is 3. The zero-order valence-corrected chi connectivity index (χ0v) is 9.81. The van der Waals surface area contributed by atoms with Crippen LogP contribution in [0.1, 0.15) is 0 Å². The Morgan fingerprint density at radius 1 is 1.38 bits per heavy atom. The van der Waals surface area contributed by atoms with Gasteiger partial charge in [0, 0.05) is 7.05 Å². The van der Waals surface area contributed by atoms with Crippen molar-refractivity contribution in [3.8, 4) is 0 Å². The summed E-state index contributed by atoms with van der Waals surface area (Å²) in [5.74, 6) is 2.52. The number of primary amides is 1. The Kier molecular flexibility index (Phi) is 4.21. The van der Waals surface area contributed by atoms with E-state index in [2.05, 4.69) is 16.1 Å². The average Bonchev–Trinajstić information content (AvgIpc) is 2.20. The van der Waals surface area contributed by atoms with Gasteiger partial charge in [-0.05, 0) is 0 Å². The van der Waals surface area contributed by atoms with E-state index >= 15 is 0 Å². The first kappa shape index (κ1) is 12.9. The molecule has 0 aliphatic carbocycles. The lowest BCUT2D eigenvalue weighted by molar-refractivity contribution is -0.141. The molecule has 0 aromatic rings. The number of nitrogens with one attached hydrogen (secondary N) is 1. The molecular formula is C7H9N3O4S2. The van der Waals surface area contributed by atoms with Gasteiger partial charge in [0.25, 0.3) is 5.91 Å². The molecule has 0 atom stereocenters. The van der Waals surface area contributed by atoms with E-state index in [-0.39, 0.29) is 16.1 Å². The van der Waals surface area contributed by atoms with Gasteiger partial charge in [0.05, 0.1) is 4.24 Å². The van der Waals surface area contributed by atoms with Crippen LogP contribution in [0.2, 0.25) is 0 Å². The van der Waals surface area contributed by atoms with Crippen LogP contribution >= 0.6 is 23.5 Å². The van der Waals surface area contributed by atoms with Gasteiger partial charge in [-0.1, -0.05) is 23.5 Å². The van der Waals surface area contributed by atoms with Crippen LogP contribution in [0.5, 0.6) is 0 Å². The molecule has 9 heteroatoms. The molecule has 16 heavy (non-hydrogen) atoms. The predicted molar refractivity (Wildman–Crippen MR) is 59.5 cm³/mol. The van der Waals surface area contributed by atoms with Gasteiger partial charge in [-0.3, -0.25) is 9.59 Å². The van der Waals surface area contributed by atoms with Crippen LogP contribution in [0, 0.1) is 0 Å². The number of amides is 2. The number of thioether (sulfide) groups is 2. The van der Waals surface area contributed by atoms with E-state index in [0.717, 1.165) is 23.5 Å². The van der Waals surface area contributed by atoms with Crippen molar-refractivity contribution in [2.24, 2.45) is 11.6 Å². The van der Waals surface area contributed by atoms with E-state index in [0.29, 0.717) is 4.24 Å². The van der Waals surface area contributed by atoms with Gasteiger partial charge in [0.1, 0.15) is 10.2 Å². The van der Waals surface area contributed by atoms with E-state index in [9.17, 15) is 14.4 Å². The lowest BCUT2D eigenvalue weighted by atomic mass is 10.3. The topological polar surface area (TPSA) is 125 Å². The highest BCUT2D eigenvalue weighted by Crippen LogP contribution is 2.52. The highest BCUT2D eigenvalue weighted by atomic mass is 32.3. The molecular weight excluding hydrogens is 254 g/mol. The molecule has 7 nitrogen and oxygen atoms in total. The second-order valence-electron chi connectivity index (χ2n) is 2.61. The van der Waals surface area contributed by atoms with Crippen LogP contribution in [-0.4, -0.2) is 29.4 Å². The molecule has 0 radical (unpaired) electrons. The van der Waals surface area contributed by atoms with Crippen molar-refractivity contribution >= 4 is 41.3 Å². The maximum Gasteiger partial charge on any atom is 0.363 e. The van der Waals surface area contributed by atoms with Crippen molar-refractivity contribution in [3.63, 3.8) is 0 Å². The van der Waals surface area contributed by atoms with E-state index in [1.165, 1.54) is 7.05 Å². The number of carbonyl (C=O) groups is 3. The lowest BCUT2D eigenvalue weighted by Gasteiger charge is -2.26. The van der Waals surface area contributed by atoms with Crippen molar-refractivity contribution in [2.45, 2.75) is 4.58 Å². The molecule has 1 aliphatic rings. The molecule has 0 aromatic carbocycles. The van der Waals surface area contributed by atoms with Gasteiger partial charge in [-0.2, -0.15) is 5.90 Å². The van der Waals surface area contributed by atoms with E-state index in [1.807, 2.05) is 0 Å². The van der Waals surface area contributed by atoms with Crippen LogP contribution in [-0.2, 0) is 19.2 Å². The maximum absolute atomic E-state index is 11.1. The Morgan fingerprint density at radius 2 is 1.94 bits per heavy atom. The molecule has 88 valence electrons. The molecule has 0 bridgehead atoms. The zero-order valence-electron chi connectivity index (χ0n) is 8.18. The fourth-order valence-electron chi connectivity index (χ4n) is 0.889. The van der Waals surface area contributed by atoms with Gasteiger partial charge < -0.3 is 15.9 Å². The number of rotatable bonds is 3. The molecule has 0 aromatic heterocycles. The summed E-state index contributed by atoms with van der Waals surface area (Å²) >= 11 is 2.12. The predicted octanol–water partition coefficient (Wildman–Crippen LogP) is -1.35. The molecule has 0 unspecified atom stereocenters. The Balaban J connectivity index is 2.79. The van der Waals surface area contributed by atoms with Crippen LogP contribution in [0.15, 0.2) is 9.81 Å². The maximum atomic E-state index is 11.1. The molecule has 1 fully saturated rings. The second-order valence-corrected chi connectivity index (χ2v) is 5.40. The first-order valence-electron chi connectivity index (χ1n) is 4.01. The van der Waals surface area contributed by atoms with Crippen LogP contribution in [0.25, 0.3) is 0 Å². The van der Waals surface area contributed by atoms with Gasteiger partial charge >= 0.3 is 5.97 Å². The summed E-state index contributed by atoms with van der Waals surface area (Å²) in [7, 11) is 1.49. The average molecular weight is 263 g/mol. The summed E-state index contributed by atoms with van der Waals surface area (Å²) in [6.07, 6.45) is 0. The molecule has 1 aliphatic heterocycles. The number of nitrogens with two attached hydrogens (primary N) is 2. The molecule has 1 heterocycles. The highest BCUT2D eigenvalue weighted by molar-refractivity contribution is 8.39. The Hall–Kier alpha value is -1.19. The smallest absolute Gasteiger partial charge is 0.363 e. The molecule has 1 saturated heterocycles. The number of hydrogen-bond donors (Lipinski definition) is 3. The Bertz CT molecular complexity index is 374. The summed E-state index contributed by atoms with van der Waals surface area (Å²) in [6, 6.07) is 0. The first-order valence-corrected chi connectivity index (χ1v) is 5.77. The third kappa shape index (κ3) is 2.49. The van der Waals surface area contributed by atoms with E-state index < -0.39 is 11.9 Å². The van der Waals surface area contributed by atoms with E-state index in [1.54, 1.807) is 0 Å². The quantitative estimate of drug-likeness (QED) is 0.249. The molecule has 0 spiro atoms. The number of hydrogen-bond acceptors (Lipinski definition) is 7. The second kappa shape index (κ2) is 5.23. The molecule has 2 amide bonds. The molecule has 5 N–H and O–H groups in total. The van der Waals surface area contributed by atoms with Crippen molar-refractivity contribution < 1.29 is 19.2 Å². The minimum Gasteiger partial charge on any atom is -0.369 e. The minimum absolute atomic E-state index is 0.205. The van der Waals surface area contributed by atoms with Gasteiger partial charge in [-0.15, -0.1) is 0 Å². The Labute approximate surface area is 99.3 Å². The van der Waals surface area contributed by atoms with Crippen LogP contribution in [0.4, 0.5) is 0 Å². The summed E-state index contributed by atoms with van der Waals surface area (Å²) in [5, 5.41) is 2.44. The normalized spacial score (nSPS) is 18.4. The fourth-order valence-corrected chi connectivity index (χ4v) is 3.22. The molecule has 1 rings (SSSR count). The zero-order chi connectivity index (χ0) is 12.3. The van der Waals surface area contributed by atoms with Crippen LogP contribution in [0.3, 0.4) is 0 Å². The summed E-state index contributed by atoms with van der Waals surface area (Å²) in [4.78, 5) is 37.1. The monoisotopic (exact) mass is 263 g/mol. The van der Waals surface area contributed by atoms with Crippen molar-refractivity contribution in [1.82, 2.24) is 5.32 Å². The summed E-state index contributed by atoms with van der Waals surface area (Å²) in [5.41, 5.74) is 4.68. The van der Waals surface area contributed by atoms with Crippen molar-refractivity contribution in [2.75, 3.05) is 7.05 Å². The van der Waals surface area contributed by atoms with Gasteiger partial charge in [-0.25, -0.2) is 4.79 Å². The summed E-state index contributed by atoms with van der Waals surface area (Å²) in [6.45, 7) is 0. The Morgan fingerprint density at radius 3 is 2.31 bits per heavy atom. The van der Waals surface area contributed by atoms with Gasteiger partial charge in [0.2, 0.25) is 5.91 Å². The largest absolute Gasteiger partial charge is 0.369 e. The summed E-state index contributed by atoms with van der Waals surface area (Å²) < 4.78 is -0.0449.